The third-order valence-electron chi connectivity index (χ3n) is 1.97. The number of urea groups is 1. The zero-order valence-electron chi connectivity index (χ0n) is 9.54. The average molecular weight is 294 g/mol. The van der Waals surface area contributed by atoms with Crippen LogP contribution in [-0.4, -0.2) is 54.9 Å². The second-order valence-corrected chi connectivity index (χ2v) is 4.93. The molecule has 0 spiro atoms. The smallest absolute Gasteiger partial charge is 0.405 e. The van der Waals surface area contributed by atoms with Crippen molar-refractivity contribution in [1.82, 2.24) is 19.7 Å². The van der Waals surface area contributed by atoms with Gasteiger partial charge in [-0.25, -0.2) is 19.0 Å². The third-order valence-corrected chi connectivity index (χ3v) is 2.97. The zero-order chi connectivity index (χ0) is 14.8. The molecule has 0 aliphatic carbocycles. The van der Waals surface area contributed by atoms with E-state index in [-0.39, 0.29) is 6.54 Å². The number of rotatable bonds is 3. The van der Waals surface area contributed by atoms with Crippen molar-refractivity contribution in [3.05, 3.63) is 0 Å². The highest BCUT2D eigenvalue weighted by molar-refractivity contribution is 7.88. The number of likely N-dealkylation sites (tertiary alicyclic amines) is 1. The van der Waals surface area contributed by atoms with Crippen LogP contribution in [0.4, 0.5) is 9.59 Å². The summed E-state index contributed by atoms with van der Waals surface area (Å²) in [6.45, 7) is 0.623. The van der Waals surface area contributed by atoms with Gasteiger partial charge in [0.2, 0.25) is 5.91 Å². The van der Waals surface area contributed by atoms with Crippen molar-refractivity contribution < 1.29 is 32.7 Å². The molecule has 1 saturated heterocycles. The van der Waals surface area contributed by atoms with Gasteiger partial charge in [-0.05, 0) is 0 Å². The first kappa shape index (κ1) is 14.7. The molecular formula is C7H10N4O7S. The monoisotopic (exact) mass is 294 g/mol. The molecule has 1 heterocycles. The van der Waals surface area contributed by atoms with Crippen LogP contribution in [0, 0.1) is 0 Å². The van der Waals surface area contributed by atoms with Crippen molar-refractivity contribution in [3.63, 3.8) is 0 Å². The molecule has 0 aromatic heterocycles. The lowest BCUT2D eigenvalue weighted by Crippen LogP contribution is -2.67. The Morgan fingerprint density at radius 2 is 1.89 bits per heavy atom. The Balaban J connectivity index is 2.56. The molecule has 19 heavy (non-hydrogen) atoms. The lowest BCUT2D eigenvalue weighted by atomic mass is 10.1. The van der Waals surface area contributed by atoms with Crippen molar-refractivity contribution >= 4 is 34.1 Å². The van der Waals surface area contributed by atoms with Crippen LogP contribution in [0.1, 0.15) is 6.92 Å². The molecule has 106 valence electrons. The summed E-state index contributed by atoms with van der Waals surface area (Å²) in [7, 11) is -4.39. The molecule has 0 saturated carbocycles. The number of β-lactam (4-membered cyclic amide) rings is 1. The van der Waals surface area contributed by atoms with Gasteiger partial charge in [-0.15, -0.1) is 0 Å². The summed E-state index contributed by atoms with van der Waals surface area (Å²) in [6.07, 6.45) is -1.44. The molecule has 0 unspecified atom stereocenters. The minimum absolute atomic E-state index is 0.299. The molecule has 0 bridgehead atoms. The molecule has 1 rings (SSSR count). The largest absolute Gasteiger partial charge is 0.465 e. The second kappa shape index (κ2) is 5.09. The van der Waals surface area contributed by atoms with E-state index in [1.165, 1.54) is 9.44 Å². The summed E-state index contributed by atoms with van der Waals surface area (Å²) in [5, 5.41) is 10.2. The Bertz CT molecular complexity index is 542. The SMILES string of the molecule is CC(=O)NS(=O)(=O)NC(=O)N1C[C@H](NC(=O)O)C1=O. The van der Waals surface area contributed by atoms with Gasteiger partial charge in [0.25, 0.3) is 5.91 Å². The Hall–Kier alpha value is -2.37. The minimum atomic E-state index is -4.39. The quantitative estimate of drug-likeness (QED) is 0.420. The number of hydrogen-bond acceptors (Lipinski definition) is 6. The van der Waals surface area contributed by atoms with E-state index in [2.05, 4.69) is 0 Å². The topological polar surface area (TPSA) is 162 Å². The van der Waals surface area contributed by atoms with Crippen molar-refractivity contribution in [3.8, 4) is 0 Å². The number of carboxylic acid groups (broad SMARTS) is 1. The fourth-order valence-corrected chi connectivity index (χ4v) is 2.02. The van der Waals surface area contributed by atoms with Gasteiger partial charge < -0.3 is 10.4 Å². The third kappa shape index (κ3) is 3.80. The van der Waals surface area contributed by atoms with E-state index in [0.29, 0.717) is 4.90 Å². The van der Waals surface area contributed by atoms with Gasteiger partial charge in [0.05, 0.1) is 6.54 Å². The van der Waals surface area contributed by atoms with E-state index in [1.807, 2.05) is 5.32 Å². The number of hydrogen-bond donors (Lipinski definition) is 4. The Morgan fingerprint density at radius 3 is 2.32 bits per heavy atom. The highest BCUT2D eigenvalue weighted by Gasteiger charge is 2.42. The fraction of sp³-hybridized carbons (Fsp3) is 0.429. The van der Waals surface area contributed by atoms with Gasteiger partial charge in [-0.2, -0.15) is 8.42 Å². The summed E-state index contributed by atoms with van der Waals surface area (Å²) in [4.78, 5) is 43.9. The van der Waals surface area contributed by atoms with Crippen molar-refractivity contribution in [1.29, 1.82) is 0 Å². The minimum Gasteiger partial charge on any atom is -0.465 e. The van der Waals surface area contributed by atoms with Gasteiger partial charge in [-0.1, -0.05) is 0 Å². The molecule has 5 amide bonds. The maximum absolute atomic E-state index is 11.4. The molecule has 1 aliphatic rings. The van der Waals surface area contributed by atoms with Gasteiger partial charge in [0, 0.05) is 6.92 Å². The van der Waals surface area contributed by atoms with E-state index in [9.17, 15) is 27.6 Å². The average Bonchev–Trinajstić information content (AvgIpc) is 2.19. The molecule has 0 radical (unpaired) electrons. The van der Waals surface area contributed by atoms with Crippen molar-refractivity contribution in [2.45, 2.75) is 13.0 Å². The normalized spacial score (nSPS) is 18.3. The Labute approximate surface area is 107 Å². The molecular weight excluding hydrogens is 284 g/mol. The van der Waals surface area contributed by atoms with Crippen molar-refractivity contribution in [2.24, 2.45) is 0 Å². The van der Waals surface area contributed by atoms with Gasteiger partial charge in [-0.3, -0.25) is 14.5 Å². The van der Waals surface area contributed by atoms with E-state index in [0.717, 1.165) is 6.92 Å². The first-order valence-corrected chi connectivity index (χ1v) is 6.26. The van der Waals surface area contributed by atoms with E-state index in [1.54, 1.807) is 0 Å². The van der Waals surface area contributed by atoms with Crippen LogP contribution in [-0.2, 0) is 19.8 Å². The summed E-state index contributed by atoms with van der Waals surface area (Å²) in [5.74, 6) is -1.81. The first-order chi connectivity index (χ1) is 8.62. The predicted molar refractivity (Wildman–Crippen MR) is 57.9 cm³/mol. The van der Waals surface area contributed by atoms with Crippen LogP contribution < -0.4 is 14.8 Å². The lowest BCUT2D eigenvalue weighted by Gasteiger charge is -2.35. The molecule has 0 aromatic carbocycles. The first-order valence-electron chi connectivity index (χ1n) is 4.78. The van der Waals surface area contributed by atoms with Crippen LogP contribution in [0.2, 0.25) is 0 Å². The molecule has 4 N–H and O–H groups in total. The number of nitrogens with zero attached hydrogens (tertiary/aromatic N) is 1. The van der Waals surface area contributed by atoms with Crippen LogP contribution in [0.5, 0.6) is 0 Å². The lowest BCUT2D eigenvalue weighted by molar-refractivity contribution is -0.139. The summed E-state index contributed by atoms with van der Waals surface area (Å²) < 4.78 is 25.2. The number of carbonyl (C=O) groups excluding carboxylic acids is 3. The van der Waals surface area contributed by atoms with E-state index >= 15 is 0 Å². The number of amides is 5. The van der Waals surface area contributed by atoms with Crippen LogP contribution in [0.25, 0.3) is 0 Å². The molecule has 1 atom stereocenters. The van der Waals surface area contributed by atoms with Gasteiger partial charge in [0.15, 0.2) is 0 Å². The molecule has 11 nitrogen and oxygen atoms in total. The molecule has 0 aromatic rings. The van der Waals surface area contributed by atoms with Crippen LogP contribution in [0.15, 0.2) is 0 Å². The standard InChI is InChI=1S/C7H10N4O7S/c1-3(12)9-19(17,18)10-6(14)11-2-4(5(11)13)8-7(15)16/h4,8H,2H2,1H3,(H,9,12)(H,10,14)(H,15,16)/t4-/m0/s1. The van der Waals surface area contributed by atoms with Crippen molar-refractivity contribution in [2.75, 3.05) is 6.54 Å². The summed E-state index contributed by atoms with van der Waals surface area (Å²) >= 11 is 0. The van der Waals surface area contributed by atoms with E-state index in [4.69, 9.17) is 5.11 Å². The molecule has 1 aliphatic heterocycles. The van der Waals surface area contributed by atoms with E-state index < -0.39 is 40.2 Å². The zero-order valence-corrected chi connectivity index (χ0v) is 10.4. The summed E-state index contributed by atoms with van der Waals surface area (Å²) in [6, 6.07) is -2.37. The Kier molecular flexibility index (Phi) is 3.94. The maximum Gasteiger partial charge on any atom is 0.405 e. The Morgan fingerprint density at radius 1 is 1.32 bits per heavy atom. The number of carbonyl (C=O) groups is 4. The molecule has 1 fully saturated rings. The second-order valence-electron chi connectivity index (χ2n) is 3.52. The van der Waals surface area contributed by atoms with Crippen LogP contribution >= 0.6 is 0 Å². The number of nitrogens with one attached hydrogen (secondary N) is 3. The fourth-order valence-electron chi connectivity index (χ4n) is 1.25. The highest BCUT2D eigenvalue weighted by Crippen LogP contribution is 2.10. The maximum atomic E-state index is 11.4. The predicted octanol–water partition coefficient (Wildman–Crippen LogP) is -2.44. The van der Waals surface area contributed by atoms with Gasteiger partial charge in [0.1, 0.15) is 6.04 Å². The highest BCUT2D eigenvalue weighted by atomic mass is 32.2. The summed E-state index contributed by atoms with van der Waals surface area (Å²) in [5.41, 5.74) is 0. The van der Waals surface area contributed by atoms with Crippen LogP contribution in [0.3, 0.4) is 0 Å². The molecule has 12 heteroatoms. The van der Waals surface area contributed by atoms with Gasteiger partial charge >= 0.3 is 22.3 Å². The number of imide groups is 1.